The van der Waals surface area contributed by atoms with Crippen LogP contribution >= 0.6 is 0 Å². The van der Waals surface area contributed by atoms with Gasteiger partial charge in [0.15, 0.2) is 0 Å². The van der Waals surface area contributed by atoms with Crippen LogP contribution in [0.2, 0.25) is 0 Å². The quantitative estimate of drug-likeness (QED) is 0.806. The molecular formula is C17H21FN2O. The molecule has 1 heterocycles. The first-order valence-electron chi connectivity index (χ1n) is 7.29. The van der Waals surface area contributed by atoms with Crippen LogP contribution in [-0.4, -0.2) is 30.4 Å². The number of nitrogens with two attached hydrogens (primary N) is 1. The van der Waals surface area contributed by atoms with Crippen molar-refractivity contribution in [1.29, 1.82) is 0 Å². The van der Waals surface area contributed by atoms with E-state index >= 15 is 0 Å². The van der Waals surface area contributed by atoms with Gasteiger partial charge in [-0.1, -0.05) is 25.7 Å². The third-order valence-electron chi connectivity index (χ3n) is 3.70. The Morgan fingerprint density at radius 1 is 1.38 bits per heavy atom. The smallest absolute Gasteiger partial charge is 0.253 e. The number of hydrogen-bond acceptors (Lipinski definition) is 2. The molecule has 4 heteroatoms. The summed E-state index contributed by atoms with van der Waals surface area (Å²) >= 11 is 0. The fourth-order valence-electron chi connectivity index (χ4n) is 2.91. The van der Waals surface area contributed by atoms with Crippen LogP contribution in [0.25, 0.3) is 0 Å². The molecule has 0 aliphatic carbocycles. The van der Waals surface area contributed by atoms with Gasteiger partial charge in [0.1, 0.15) is 5.82 Å². The van der Waals surface area contributed by atoms with Crippen LogP contribution in [0.15, 0.2) is 18.2 Å². The molecule has 1 amide bonds. The summed E-state index contributed by atoms with van der Waals surface area (Å²) in [6.45, 7) is 5.94. The molecule has 1 aromatic carbocycles. The van der Waals surface area contributed by atoms with E-state index in [4.69, 9.17) is 5.73 Å². The van der Waals surface area contributed by atoms with E-state index in [9.17, 15) is 9.18 Å². The van der Waals surface area contributed by atoms with Crippen molar-refractivity contribution in [2.24, 2.45) is 17.6 Å². The van der Waals surface area contributed by atoms with Crippen molar-refractivity contribution in [3.8, 4) is 11.8 Å². The lowest BCUT2D eigenvalue weighted by Crippen LogP contribution is -2.42. The van der Waals surface area contributed by atoms with Crippen molar-refractivity contribution < 1.29 is 9.18 Å². The first-order chi connectivity index (χ1) is 10.0. The molecule has 1 aliphatic rings. The monoisotopic (exact) mass is 288 g/mol. The summed E-state index contributed by atoms with van der Waals surface area (Å²) in [6, 6.07) is 4.45. The maximum absolute atomic E-state index is 13.9. The van der Waals surface area contributed by atoms with Gasteiger partial charge in [-0.25, -0.2) is 4.39 Å². The second-order valence-corrected chi connectivity index (χ2v) is 5.86. The largest absolute Gasteiger partial charge is 0.338 e. The lowest BCUT2D eigenvalue weighted by molar-refractivity contribution is 0.0622. The Balaban J connectivity index is 2.18. The molecule has 2 unspecified atom stereocenters. The number of rotatable bonds is 1. The lowest BCUT2D eigenvalue weighted by Gasteiger charge is -2.35. The van der Waals surface area contributed by atoms with Crippen LogP contribution in [0, 0.1) is 29.5 Å². The van der Waals surface area contributed by atoms with Gasteiger partial charge in [-0.15, -0.1) is 0 Å². The fraction of sp³-hybridized carbons (Fsp3) is 0.471. The molecule has 0 radical (unpaired) electrons. The number of amides is 1. The molecule has 3 nitrogen and oxygen atoms in total. The van der Waals surface area contributed by atoms with E-state index in [-0.39, 0.29) is 18.0 Å². The third kappa shape index (κ3) is 3.83. The van der Waals surface area contributed by atoms with Crippen molar-refractivity contribution in [1.82, 2.24) is 4.90 Å². The minimum Gasteiger partial charge on any atom is -0.338 e. The zero-order chi connectivity index (χ0) is 15.4. The zero-order valence-electron chi connectivity index (χ0n) is 12.5. The van der Waals surface area contributed by atoms with Crippen molar-refractivity contribution in [2.45, 2.75) is 20.3 Å². The lowest BCUT2D eigenvalue weighted by atomic mass is 9.91. The fourth-order valence-corrected chi connectivity index (χ4v) is 2.91. The second kappa shape index (κ2) is 6.73. The molecule has 0 aromatic heterocycles. The topological polar surface area (TPSA) is 46.3 Å². The van der Waals surface area contributed by atoms with E-state index < -0.39 is 5.82 Å². The maximum Gasteiger partial charge on any atom is 0.253 e. The highest BCUT2D eigenvalue weighted by molar-refractivity contribution is 5.94. The maximum atomic E-state index is 13.9. The Morgan fingerprint density at radius 3 is 2.62 bits per heavy atom. The number of benzene rings is 1. The summed E-state index contributed by atoms with van der Waals surface area (Å²) in [6.07, 6.45) is 1.13. The normalized spacial score (nSPS) is 21.6. The molecule has 1 saturated heterocycles. The van der Waals surface area contributed by atoms with Crippen LogP contribution < -0.4 is 5.73 Å². The van der Waals surface area contributed by atoms with Crippen molar-refractivity contribution in [3.63, 3.8) is 0 Å². The average molecular weight is 288 g/mol. The van der Waals surface area contributed by atoms with Crippen LogP contribution in [0.3, 0.4) is 0 Å². The van der Waals surface area contributed by atoms with Crippen LogP contribution in [0.5, 0.6) is 0 Å². The number of carbonyl (C=O) groups is 1. The van der Waals surface area contributed by atoms with Gasteiger partial charge in [-0.05, 0) is 36.5 Å². The molecule has 1 aliphatic heterocycles. The molecule has 2 rings (SSSR count). The highest BCUT2D eigenvalue weighted by Gasteiger charge is 2.26. The standard InChI is InChI=1S/C17H21FN2O/c1-12-8-13(2)11-20(10-12)17(21)15-6-5-14(4-3-7-19)16(18)9-15/h5-6,9,12-13H,7-8,10-11,19H2,1-2H3. The van der Waals surface area contributed by atoms with E-state index in [0.29, 0.717) is 17.4 Å². The summed E-state index contributed by atoms with van der Waals surface area (Å²) in [4.78, 5) is 14.3. The van der Waals surface area contributed by atoms with E-state index in [0.717, 1.165) is 19.5 Å². The van der Waals surface area contributed by atoms with Crippen LogP contribution in [-0.2, 0) is 0 Å². The Morgan fingerprint density at radius 2 is 2.05 bits per heavy atom. The predicted molar refractivity (Wildman–Crippen MR) is 81.2 cm³/mol. The highest BCUT2D eigenvalue weighted by Crippen LogP contribution is 2.23. The predicted octanol–water partition coefficient (Wildman–Crippen LogP) is 2.25. The number of likely N-dealkylation sites (tertiary alicyclic amines) is 1. The van der Waals surface area contributed by atoms with Crippen molar-refractivity contribution in [2.75, 3.05) is 19.6 Å². The Hall–Kier alpha value is -1.86. The third-order valence-corrected chi connectivity index (χ3v) is 3.70. The first kappa shape index (κ1) is 15.5. The van der Waals surface area contributed by atoms with E-state index in [1.54, 1.807) is 12.1 Å². The highest BCUT2D eigenvalue weighted by atomic mass is 19.1. The van der Waals surface area contributed by atoms with Gasteiger partial charge in [0.25, 0.3) is 5.91 Å². The van der Waals surface area contributed by atoms with Gasteiger partial charge in [0.2, 0.25) is 0 Å². The van der Waals surface area contributed by atoms with Gasteiger partial charge in [0, 0.05) is 18.7 Å². The van der Waals surface area contributed by atoms with E-state index in [2.05, 4.69) is 25.7 Å². The average Bonchev–Trinajstić information content (AvgIpc) is 2.44. The minimum atomic E-state index is -0.472. The molecule has 2 atom stereocenters. The molecule has 0 bridgehead atoms. The Labute approximate surface area is 125 Å². The second-order valence-electron chi connectivity index (χ2n) is 5.86. The molecule has 112 valence electrons. The van der Waals surface area contributed by atoms with Crippen LogP contribution in [0.4, 0.5) is 4.39 Å². The summed E-state index contributed by atoms with van der Waals surface area (Å²) in [7, 11) is 0. The Kier molecular flexibility index (Phi) is 4.98. The molecule has 0 spiro atoms. The van der Waals surface area contributed by atoms with Gasteiger partial charge >= 0.3 is 0 Å². The first-order valence-corrected chi connectivity index (χ1v) is 7.29. The van der Waals surface area contributed by atoms with Crippen molar-refractivity contribution in [3.05, 3.63) is 35.1 Å². The SMILES string of the molecule is CC1CC(C)CN(C(=O)c2ccc(C#CCN)c(F)c2)C1. The summed E-state index contributed by atoms with van der Waals surface area (Å²) < 4.78 is 13.9. The molecule has 1 fully saturated rings. The van der Waals surface area contributed by atoms with Crippen LogP contribution in [0.1, 0.15) is 36.2 Å². The van der Waals surface area contributed by atoms with E-state index in [1.807, 2.05) is 4.90 Å². The molecule has 21 heavy (non-hydrogen) atoms. The van der Waals surface area contributed by atoms with Gasteiger partial charge in [-0.2, -0.15) is 0 Å². The number of carbonyl (C=O) groups excluding carboxylic acids is 1. The number of nitrogens with zero attached hydrogens (tertiary/aromatic N) is 1. The number of hydrogen-bond donors (Lipinski definition) is 1. The molecule has 2 N–H and O–H groups in total. The molecule has 1 aromatic rings. The number of halogens is 1. The number of piperidine rings is 1. The summed E-state index contributed by atoms with van der Waals surface area (Å²) in [5, 5.41) is 0. The summed E-state index contributed by atoms with van der Waals surface area (Å²) in [5.74, 6) is 5.66. The van der Waals surface area contributed by atoms with Gasteiger partial charge in [0.05, 0.1) is 12.1 Å². The van der Waals surface area contributed by atoms with Gasteiger partial charge in [-0.3, -0.25) is 4.79 Å². The van der Waals surface area contributed by atoms with Gasteiger partial charge < -0.3 is 10.6 Å². The molecule has 0 saturated carbocycles. The van der Waals surface area contributed by atoms with E-state index in [1.165, 1.54) is 6.07 Å². The minimum absolute atomic E-state index is 0.106. The zero-order valence-corrected chi connectivity index (χ0v) is 12.5. The van der Waals surface area contributed by atoms with Crippen molar-refractivity contribution >= 4 is 5.91 Å². The molecular weight excluding hydrogens is 267 g/mol. The Bertz CT molecular complexity index is 578. The summed E-state index contributed by atoms with van der Waals surface area (Å²) in [5.41, 5.74) is 5.93.